The van der Waals surface area contributed by atoms with Crippen molar-refractivity contribution in [1.82, 2.24) is 10.2 Å². The van der Waals surface area contributed by atoms with E-state index in [0.29, 0.717) is 0 Å². The Morgan fingerprint density at radius 1 is 0.811 bits per heavy atom. The van der Waals surface area contributed by atoms with E-state index in [1.165, 1.54) is 0 Å². The highest BCUT2D eigenvalue weighted by Crippen LogP contribution is 2.35. The summed E-state index contributed by atoms with van der Waals surface area (Å²) in [4.78, 5) is 42.2. The first-order valence-electron chi connectivity index (χ1n) is 12.7. The molecule has 2 N–H and O–H groups in total. The molecule has 7 nitrogen and oxygen atoms in total. The van der Waals surface area contributed by atoms with Crippen molar-refractivity contribution >= 4 is 23.6 Å². The van der Waals surface area contributed by atoms with Crippen LogP contribution < -0.4 is 10.6 Å². The number of rotatable bonds is 6. The van der Waals surface area contributed by atoms with Gasteiger partial charge in [-0.3, -0.25) is 9.59 Å². The second-order valence-corrected chi connectivity index (χ2v) is 11.7. The molecular formula is C30H43N3O4. The summed E-state index contributed by atoms with van der Waals surface area (Å²) in [6.07, 6.45) is -0.689. The van der Waals surface area contributed by atoms with Crippen LogP contribution in [0.1, 0.15) is 82.3 Å². The van der Waals surface area contributed by atoms with E-state index in [9.17, 15) is 14.4 Å². The molecule has 2 atom stereocenters. The minimum atomic E-state index is -0.935. The van der Waals surface area contributed by atoms with E-state index in [1.807, 2.05) is 84.9 Å². The first kappa shape index (κ1) is 29.9. The lowest BCUT2D eigenvalue weighted by molar-refractivity contribution is -0.146. The van der Waals surface area contributed by atoms with Gasteiger partial charge >= 0.3 is 6.09 Å². The van der Waals surface area contributed by atoms with Crippen molar-refractivity contribution in [2.75, 3.05) is 5.32 Å². The summed E-state index contributed by atoms with van der Waals surface area (Å²) in [7, 11) is 0. The van der Waals surface area contributed by atoms with Gasteiger partial charge in [0.2, 0.25) is 5.91 Å². The van der Waals surface area contributed by atoms with Crippen LogP contribution >= 0.6 is 0 Å². The molecule has 0 saturated carbocycles. The largest absolute Gasteiger partial charge is 0.444 e. The second-order valence-electron chi connectivity index (χ2n) is 11.7. The second kappa shape index (κ2) is 11.4. The molecule has 0 aliphatic rings. The summed E-state index contributed by atoms with van der Waals surface area (Å²) in [6, 6.07) is 9.78. The molecule has 0 spiro atoms. The first-order valence-corrected chi connectivity index (χ1v) is 12.7. The molecular weight excluding hydrogens is 466 g/mol. The average molecular weight is 510 g/mol. The van der Waals surface area contributed by atoms with E-state index in [0.717, 1.165) is 33.5 Å². The highest BCUT2D eigenvalue weighted by atomic mass is 16.6. The molecule has 3 amide bonds. The van der Waals surface area contributed by atoms with E-state index in [-0.39, 0.29) is 11.8 Å². The van der Waals surface area contributed by atoms with E-state index in [2.05, 4.69) is 10.6 Å². The van der Waals surface area contributed by atoms with Crippen LogP contribution in [0.2, 0.25) is 0 Å². The molecule has 0 fully saturated rings. The number of ether oxygens (including phenoxy) is 1. The van der Waals surface area contributed by atoms with Gasteiger partial charge in [-0.25, -0.2) is 4.79 Å². The Bertz CT molecular complexity index is 1120. The lowest BCUT2D eigenvalue weighted by Gasteiger charge is -2.43. The smallest absolute Gasteiger partial charge is 0.408 e. The van der Waals surface area contributed by atoms with Crippen LogP contribution in [0.4, 0.5) is 10.5 Å². The zero-order chi connectivity index (χ0) is 28.3. The quantitative estimate of drug-likeness (QED) is 0.490. The number of para-hydroxylation sites is 1. The standard InChI is InChI=1S/C30H43N3O4/c1-18-14-12-15-19(2)23(18)25(26(34)32-24-20(3)16-13-17-21(24)4)33(29(6,7)8)27(35)22(5)31-28(36)37-30(9,10)11/h12-17,22,25H,1-11H3,(H,31,36)(H,32,34). The van der Waals surface area contributed by atoms with Gasteiger partial charge in [0.25, 0.3) is 5.91 Å². The number of carbonyl (C=O) groups is 3. The Morgan fingerprint density at radius 2 is 1.27 bits per heavy atom. The van der Waals surface area contributed by atoms with Crippen LogP contribution in [0.25, 0.3) is 0 Å². The van der Waals surface area contributed by atoms with Crippen molar-refractivity contribution in [2.45, 2.75) is 99.4 Å². The Balaban J connectivity index is 2.61. The highest BCUT2D eigenvalue weighted by molar-refractivity contribution is 6.00. The lowest BCUT2D eigenvalue weighted by atomic mass is 9.90. The fourth-order valence-corrected chi connectivity index (χ4v) is 4.44. The molecule has 0 radical (unpaired) electrons. The van der Waals surface area contributed by atoms with Gasteiger partial charge in [-0.05, 0) is 104 Å². The zero-order valence-electron chi connectivity index (χ0n) is 24.2. The third-order valence-electron chi connectivity index (χ3n) is 6.12. The molecule has 2 aromatic rings. The summed E-state index contributed by atoms with van der Waals surface area (Å²) >= 11 is 0. The summed E-state index contributed by atoms with van der Waals surface area (Å²) < 4.78 is 5.36. The van der Waals surface area contributed by atoms with E-state index >= 15 is 0 Å². The van der Waals surface area contributed by atoms with Gasteiger partial charge in [0, 0.05) is 11.2 Å². The topological polar surface area (TPSA) is 87.7 Å². The van der Waals surface area contributed by atoms with Crippen LogP contribution in [-0.4, -0.2) is 40.0 Å². The van der Waals surface area contributed by atoms with E-state index in [1.54, 1.807) is 32.6 Å². The lowest BCUT2D eigenvalue weighted by Crippen LogP contribution is -2.57. The third kappa shape index (κ3) is 7.57. The predicted molar refractivity (Wildman–Crippen MR) is 149 cm³/mol. The molecule has 0 aliphatic carbocycles. The molecule has 2 rings (SSSR count). The van der Waals surface area contributed by atoms with Crippen LogP contribution in [0.15, 0.2) is 36.4 Å². The Hall–Kier alpha value is -3.35. The number of nitrogens with zero attached hydrogens (tertiary/aromatic N) is 1. The van der Waals surface area contributed by atoms with E-state index < -0.39 is 29.3 Å². The van der Waals surface area contributed by atoms with Crippen LogP contribution in [0.5, 0.6) is 0 Å². The van der Waals surface area contributed by atoms with Crippen LogP contribution in [0.3, 0.4) is 0 Å². The van der Waals surface area contributed by atoms with Gasteiger partial charge in [0.15, 0.2) is 0 Å². The molecule has 0 saturated heterocycles. The minimum Gasteiger partial charge on any atom is -0.444 e. The summed E-state index contributed by atoms with van der Waals surface area (Å²) in [5.74, 6) is -0.704. The van der Waals surface area contributed by atoms with Gasteiger partial charge in [-0.2, -0.15) is 0 Å². The number of aryl methyl sites for hydroxylation is 4. The van der Waals surface area contributed by atoms with Crippen molar-refractivity contribution in [3.63, 3.8) is 0 Å². The molecule has 37 heavy (non-hydrogen) atoms. The fourth-order valence-electron chi connectivity index (χ4n) is 4.44. The van der Waals surface area contributed by atoms with Gasteiger partial charge in [-0.15, -0.1) is 0 Å². The van der Waals surface area contributed by atoms with Gasteiger partial charge in [0.1, 0.15) is 17.7 Å². The molecule has 2 aromatic carbocycles. The number of anilines is 1. The first-order chi connectivity index (χ1) is 16.9. The van der Waals surface area contributed by atoms with Gasteiger partial charge in [0.05, 0.1) is 0 Å². The SMILES string of the molecule is Cc1cccc(C)c1NC(=O)C(c1c(C)cccc1C)N(C(=O)C(C)NC(=O)OC(C)(C)C)C(C)(C)C. The fraction of sp³-hybridized carbons (Fsp3) is 0.500. The van der Waals surface area contributed by atoms with Crippen molar-refractivity contribution < 1.29 is 19.1 Å². The minimum absolute atomic E-state index is 0.317. The number of alkyl carbamates (subject to hydrolysis) is 1. The maximum Gasteiger partial charge on any atom is 0.408 e. The Labute approximate surface area is 222 Å². The average Bonchev–Trinajstić information content (AvgIpc) is 2.72. The molecule has 0 bridgehead atoms. The number of benzene rings is 2. The maximum atomic E-state index is 14.1. The van der Waals surface area contributed by atoms with Crippen molar-refractivity contribution in [1.29, 1.82) is 0 Å². The summed E-state index contributed by atoms with van der Waals surface area (Å²) in [5, 5.41) is 5.75. The molecule has 202 valence electrons. The number of nitrogens with one attached hydrogen (secondary N) is 2. The third-order valence-corrected chi connectivity index (χ3v) is 6.12. The molecule has 0 heterocycles. The monoisotopic (exact) mass is 509 g/mol. The predicted octanol–water partition coefficient (Wildman–Crippen LogP) is 6.14. The van der Waals surface area contributed by atoms with E-state index in [4.69, 9.17) is 4.74 Å². The molecule has 0 aliphatic heterocycles. The van der Waals surface area contributed by atoms with Gasteiger partial charge < -0.3 is 20.3 Å². The number of carbonyl (C=O) groups excluding carboxylic acids is 3. The number of hydrogen-bond acceptors (Lipinski definition) is 4. The van der Waals surface area contributed by atoms with Crippen molar-refractivity contribution in [3.8, 4) is 0 Å². The maximum absolute atomic E-state index is 14.1. The van der Waals surface area contributed by atoms with Crippen LogP contribution in [0, 0.1) is 27.7 Å². The zero-order valence-corrected chi connectivity index (χ0v) is 24.2. The number of hydrogen-bond donors (Lipinski definition) is 2. The van der Waals surface area contributed by atoms with Crippen molar-refractivity contribution in [3.05, 3.63) is 64.2 Å². The molecule has 2 unspecified atom stereocenters. The molecule has 0 aromatic heterocycles. The molecule has 7 heteroatoms. The highest BCUT2D eigenvalue weighted by Gasteiger charge is 2.42. The van der Waals surface area contributed by atoms with Gasteiger partial charge in [-0.1, -0.05) is 36.4 Å². The van der Waals surface area contributed by atoms with Crippen molar-refractivity contribution in [2.24, 2.45) is 0 Å². The Morgan fingerprint density at radius 3 is 1.70 bits per heavy atom. The summed E-state index contributed by atoms with van der Waals surface area (Å²) in [6.45, 7) is 20.3. The van der Waals surface area contributed by atoms with Crippen LogP contribution in [-0.2, 0) is 14.3 Å². The normalized spacial score (nSPS) is 13.4. The number of amides is 3. The summed E-state index contributed by atoms with van der Waals surface area (Å²) in [5.41, 5.74) is 3.70. The Kier molecular flexibility index (Phi) is 9.18.